The van der Waals surface area contributed by atoms with Crippen LogP contribution in [-0.2, 0) is 0 Å². The van der Waals surface area contributed by atoms with Gasteiger partial charge >= 0.3 is 0 Å². The number of hydrogen-bond acceptors (Lipinski definition) is 2. The van der Waals surface area contributed by atoms with Gasteiger partial charge in [0.1, 0.15) is 0 Å². The molecule has 0 saturated heterocycles. The van der Waals surface area contributed by atoms with Crippen LogP contribution in [0.25, 0.3) is 0 Å². The van der Waals surface area contributed by atoms with E-state index < -0.39 is 0 Å². The predicted molar refractivity (Wildman–Crippen MR) is 52.6 cm³/mol. The fourth-order valence-corrected chi connectivity index (χ4v) is 1.42. The molecule has 0 saturated carbocycles. The number of rotatable bonds is 2. The Morgan fingerprint density at radius 3 is 2.64 bits per heavy atom. The first kappa shape index (κ1) is 8.66. The molecular weight excluding hydrogens is 153 g/mol. The Hall–Kier alpha value is -0.435. The van der Waals surface area contributed by atoms with E-state index in [2.05, 4.69) is 30.6 Å². The fraction of sp³-hybridized carbons (Fsp3) is 0.375. The molecule has 0 spiro atoms. The van der Waals surface area contributed by atoms with Gasteiger partial charge in [-0.25, -0.2) is 11.6 Å². The molecular formula is C8H11BNS. The third kappa shape index (κ3) is 2.58. The molecule has 1 radical (unpaired) electrons. The summed E-state index contributed by atoms with van der Waals surface area (Å²) in [5, 5.41) is 0. The second-order valence-electron chi connectivity index (χ2n) is 2.56. The third-order valence-corrected chi connectivity index (χ3v) is 1.83. The van der Waals surface area contributed by atoms with E-state index in [0.29, 0.717) is 0 Å². The Labute approximate surface area is 72.8 Å². The molecule has 0 amide bonds. The lowest BCUT2D eigenvalue weighted by molar-refractivity contribution is 1.21. The van der Waals surface area contributed by atoms with Gasteiger partial charge < -0.3 is 0 Å². The zero-order valence-electron chi connectivity index (χ0n) is 7.09. The van der Waals surface area contributed by atoms with Gasteiger partial charge in [0.15, 0.2) is 0 Å². The van der Waals surface area contributed by atoms with Crippen molar-refractivity contribution >= 4 is 23.8 Å². The maximum atomic E-state index is 4.35. The van der Waals surface area contributed by atoms with Crippen LogP contribution in [0.3, 0.4) is 0 Å². The second kappa shape index (κ2) is 3.81. The van der Waals surface area contributed by atoms with Gasteiger partial charge in [0.05, 0.1) is 0 Å². The zero-order chi connectivity index (χ0) is 8.27. The number of aryl methyl sites for hydroxylation is 2. The van der Waals surface area contributed by atoms with Crippen molar-refractivity contribution in [3.05, 3.63) is 23.4 Å². The molecule has 0 fully saturated rings. The van der Waals surface area contributed by atoms with E-state index in [4.69, 9.17) is 0 Å². The Kier molecular flexibility index (Phi) is 3.00. The van der Waals surface area contributed by atoms with E-state index in [1.54, 1.807) is 11.6 Å². The van der Waals surface area contributed by atoms with Crippen LogP contribution in [0.5, 0.6) is 0 Å². The van der Waals surface area contributed by atoms with Crippen LogP contribution < -0.4 is 5.59 Å². The van der Waals surface area contributed by atoms with Crippen molar-refractivity contribution in [2.24, 2.45) is 0 Å². The smallest absolute Gasteiger partial charge is 0.254 e. The first-order valence-corrected chi connectivity index (χ1v) is 4.82. The Morgan fingerprint density at radius 2 is 2.09 bits per heavy atom. The highest BCUT2D eigenvalue weighted by molar-refractivity contribution is 8.23. The van der Waals surface area contributed by atoms with Gasteiger partial charge in [0, 0.05) is 11.3 Å². The maximum absolute atomic E-state index is 4.35. The highest BCUT2D eigenvalue weighted by Gasteiger charge is 1.97. The summed E-state index contributed by atoms with van der Waals surface area (Å²) in [6.07, 6.45) is 2.04. The van der Waals surface area contributed by atoms with Crippen molar-refractivity contribution < 1.29 is 0 Å². The van der Waals surface area contributed by atoms with Gasteiger partial charge in [-0.3, -0.25) is 4.98 Å². The second-order valence-corrected chi connectivity index (χ2v) is 3.27. The topological polar surface area (TPSA) is 12.9 Å². The number of nitrogens with zero attached hydrogens (tertiary/aromatic N) is 1. The van der Waals surface area contributed by atoms with Crippen LogP contribution in [0.1, 0.15) is 11.3 Å². The van der Waals surface area contributed by atoms with Crippen LogP contribution in [0, 0.1) is 13.8 Å². The van der Waals surface area contributed by atoms with Crippen molar-refractivity contribution in [3.63, 3.8) is 0 Å². The minimum absolute atomic E-state index is 1.06. The highest BCUT2D eigenvalue weighted by Crippen LogP contribution is 1.97. The molecule has 1 aromatic rings. The van der Waals surface area contributed by atoms with E-state index in [-0.39, 0.29) is 0 Å². The molecule has 3 heteroatoms. The molecule has 1 rings (SSSR count). The van der Waals surface area contributed by atoms with Crippen LogP contribution in [-0.4, -0.2) is 17.8 Å². The molecule has 1 heterocycles. The van der Waals surface area contributed by atoms with Crippen LogP contribution in [0.4, 0.5) is 0 Å². The Balaban J connectivity index is 2.89. The van der Waals surface area contributed by atoms with Gasteiger partial charge in [-0.05, 0) is 37.8 Å². The third-order valence-electron chi connectivity index (χ3n) is 1.36. The summed E-state index contributed by atoms with van der Waals surface area (Å²) < 4.78 is 0. The van der Waals surface area contributed by atoms with Gasteiger partial charge in [0.25, 0.3) is 6.56 Å². The Bertz CT molecular complexity index is 230. The van der Waals surface area contributed by atoms with Crippen LogP contribution >= 0.6 is 11.6 Å². The molecule has 0 unspecified atom stereocenters. The summed E-state index contributed by atoms with van der Waals surface area (Å²) >= 11 is 1.68. The van der Waals surface area contributed by atoms with E-state index in [0.717, 1.165) is 11.3 Å². The molecule has 57 valence electrons. The van der Waals surface area contributed by atoms with Crippen LogP contribution in [0.15, 0.2) is 12.1 Å². The molecule has 0 N–H and O–H groups in total. The summed E-state index contributed by atoms with van der Waals surface area (Å²) in [6, 6.07) is 4.17. The van der Waals surface area contributed by atoms with E-state index in [1.807, 2.05) is 13.2 Å². The lowest BCUT2D eigenvalue weighted by atomic mass is 10.00. The molecule has 0 aromatic carbocycles. The number of aromatic nitrogens is 1. The van der Waals surface area contributed by atoms with Gasteiger partial charge in [-0.1, -0.05) is 0 Å². The summed E-state index contributed by atoms with van der Waals surface area (Å²) in [4.78, 5) is 4.35. The lowest BCUT2D eigenvalue weighted by Crippen LogP contribution is -2.16. The normalized spacial score (nSPS) is 9.73. The molecule has 0 atom stereocenters. The minimum atomic E-state index is 1.06. The number of hydrogen-bond donors (Lipinski definition) is 0. The fourth-order valence-electron chi connectivity index (χ4n) is 1.05. The van der Waals surface area contributed by atoms with Crippen molar-refractivity contribution in [3.8, 4) is 0 Å². The monoisotopic (exact) mass is 164 g/mol. The summed E-state index contributed by atoms with van der Waals surface area (Å²) in [6.45, 7) is 6.16. The number of pyridine rings is 1. The summed E-state index contributed by atoms with van der Waals surface area (Å²) in [5.41, 5.74) is 3.43. The lowest BCUT2D eigenvalue weighted by Gasteiger charge is -2.00. The molecule has 11 heavy (non-hydrogen) atoms. The van der Waals surface area contributed by atoms with E-state index in [1.165, 1.54) is 5.56 Å². The van der Waals surface area contributed by atoms with Gasteiger partial charge in [-0.15, -0.1) is 0 Å². The van der Waals surface area contributed by atoms with Crippen molar-refractivity contribution in [2.45, 2.75) is 13.8 Å². The minimum Gasteiger partial charge on any atom is -0.268 e. The summed E-state index contributed by atoms with van der Waals surface area (Å²) in [5.74, 6) is 0. The maximum Gasteiger partial charge on any atom is 0.254 e. The first-order valence-electron chi connectivity index (χ1n) is 3.53. The first-order chi connectivity index (χ1) is 5.22. The molecule has 1 nitrogen and oxygen atoms in total. The zero-order valence-corrected chi connectivity index (χ0v) is 7.90. The molecule has 0 aliphatic carbocycles. The van der Waals surface area contributed by atoms with Crippen molar-refractivity contribution in [2.75, 3.05) is 6.26 Å². The standard InChI is InChI=1S/C8H11BNS/c1-6-4-7(2)10-8(5-6)9-11-3/h4-5H,1-3H3. The quantitative estimate of drug-likeness (QED) is 0.611. The SMILES string of the molecule is CS[B]c1cc(C)cc(C)n1. The summed E-state index contributed by atoms with van der Waals surface area (Å²) in [7, 11) is 0. The predicted octanol–water partition coefficient (Wildman–Crippen LogP) is 1.31. The van der Waals surface area contributed by atoms with Crippen molar-refractivity contribution in [1.29, 1.82) is 0 Å². The average molecular weight is 164 g/mol. The van der Waals surface area contributed by atoms with Crippen molar-refractivity contribution in [1.82, 2.24) is 4.98 Å². The van der Waals surface area contributed by atoms with E-state index in [9.17, 15) is 0 Å². The van der Waals surface area contributed by atoms with E-state index >= 15 is 0 Å². The molecule has 0 aliphatic rings. The van der Waals surface area contributed by atoms with Gasteiger partial charge in [-0.2, -0.15) is 0 Å². The largest absolute Gasteiger partial charge is 0.268 e. The average Bonchev–Trinajstić information content (AvgIpc) is 1.85. The highest BCUT2D eigenvalue weighted by atomic mass is 32.2. The molecule has 0 bridgehead atoms. The van der Waals surface area contributed by atoms with Gasteiger partial charge in [0.2, 0.25) is 0 Å². The molecule has 0 aliphatic heterocycles. The van der Waals surface area contributed by atoms with Crippen LogP contribution in [0.2, 0.25) is 0 Å². The Morgan fingerprint density at radius 1 is 1.36 bits per heavy atom. The molecule has 1 aromatic heterocycles.